The highest BCUT2D eigenvalue weighted by atomic mass is 32.2. The van der Waals surface area contributed by atoms with E-state index in [4.69, 9.17) is 10.6 Å². The quantitative estimate of drug-likeness (QED) is 0.0691. The highest BCUT2D eigenvalue weighted by molar-refractivity contribution is 8.00. The fraction of sp³-hybridized carbons (Fsp3) is 0.242. The van der Waals surface area contributed by atoms with Gasteiger partial charge in [-0.2, -0.15) is 4.57 Å². The fourth-order valence-corrected chi connectivity index (χ4v) is 7.11. The number of aromatic carboxylic acids is 2. The number of pyridine rings is 1. The lowest BCUT2D eigenvalue weighted by Crippen LogP contribution is -2.62. The summed E-state index contributed by atoms with van der Waals surface area (Å²) in [5.74, 6) is -7.24. The molecule has 0 aliphatic carbocycles. The van der Waals surface area contributed by atoms with Gasteiger partial charge in [0, 0.05) is 29.2 Å². The molecule has 51 heavy (non-hydrogen) atoms. The van der Waals surface area contributed by atoms with Gasteiger partial charge in [0.2, 0.25) is 11.5 Å². The van der Waals surface area contributed by atoms with E-state index >= 15 is 0 Å². The number of nitrogens with two attached hydrogens (primary N) is 1. The Bertz CT molecular complexity index is 2050. The number of carbonyl (C=O) groups excluding carboxylic acids is 2. The number of nitrogen functional groups attached to an aromatic ring is 1. The normalized spacial score (nSPS) is 17.6. The van der Waals surface area contributed by atoms with E-state index in [0.717, 1.165) is 21.8 Å². The highest BCUT2D eigenvalue weighted by Crippen LogP contribution is 2.45. The van der Waals surface area contributed by atoms with E-state index in [2.05, 4.69) is 10.1 Å². The van der Waals surface area contributed by atoms with Crippen molar-refractivity contribution < 1.29 is 58.6 Å². The molecule has 2 aromatic heterocycles. The number of oxime groups is 1. The zero-order valence-corrected chi connectivity index (χ0v) is 28.5. The van der Waals surface area contributed by atoms with Crippen molar-refractivity contribution >= 4 is 75.6 Å². The summed E-state index contributed by atoms with van der Waals surface area (Å²) in [6.45, 7) is 2.75. The predicted molar refractivity (Wildman–Crippen MR) is 182 cm³/mol. The third-order valence-corrected chi connectivity index (χ3v) is 9.96. The third-order valence-electron chi connectivity index (χ3n) is 7.93. The molecule has 3 aromatic rings. The Hall–Kier alpha value is -5.88. The van der Waals surface area contributed by atoms with Crippen molar-refractivity contribution in [3.05, 3.63) is 93.4 Å². The van der Waals surface area contributed by atoms with Gasteiger partial charge < -0.3 is 31.0 Å². The Balaban J connectivity index is 1.29. The molecular weight excluding hydrogens is 707 g/mol. The van der Waals surface area contributed by atoms with E-state index in [1.807, 2.05) is 0 Å². The number of fused-ring (bicyclic) bond motifs is 1. The van der Waals surface area contributed by atoms with Gasteiger partial charge in [-0.05, 0) is 25.0 Å². The molecule has 0 saturated carbocycles. The number of amides is 1. The number of rotatable bonds is 14. The molecule has 1 saturated heterocycles. The number of ketones is 1. The molecular formula is C33H30N5O11S2+. The average molecular weight is 737 g/mol. The number of thiazole rings is 1. The first-order chi connectivity index (χ1) is 24.1. The number of aromatic nitrogens is 2. The molecule has 0 radical (unpaired) electrons. The van der Waals surface area contributed by atoms with Gasteiger partial charge in [-0.25, -0.2) is 24.2 Å². The van der Waals surface area contributed by atoms with Crippen LogP contribution in [0.3, 0.4) is 0 Å². The van der Waals surface area contributed by atoms with Crippen LogP contribution in [0.15, 0.2) is 70.6 Å². The van der Waals surface area contributed by atoms with Crippen molar-refractivity contribution in [3.63, 3.8) is 0 Å². The Kier molecular flexibility index (Phi) is 10.4. The minimum atomic E-state index is -1.77. The summed E-state index contributed by atoms with van der Waals surface area (Å²) in [5, 5.41) is 42.8. The molecule has 0 unspecified atom stereocenters. The molecule has 2 aliphatic rings. The average Bonchev–Trinajstić information content (AvgIpc) is 3.51. The van der Waals surface area contributed by atoms with Crippen LogP contribution in [0, 0.1) is 5.92 Å². The van der Waals surface area contributed by atoms with Crippen LogP contribution in [0.4, 0.5) is 5.13 Å². The lowest BCUT2D eigenvalue weighted by atomic mass is 9.89. The highest BCUT2D eigenvalue weighted by Gasteiger charge is 2.54. The maximum absolute atomic E-state index is 13.4. The number of allylic oxidation sites excluding steroid dienone is 1. The molecule has 2 atom stereocenters. The second kappa shape index (κ2) is 14.5. The molecule has 1 fully saturated rings. The third kappa shape index (κ3) is 7.81. The predicted octanol–water partition coefficient (Wildman–Crippen LogP) is 2.58. The van der Waals surface area contributed by atoms with Gasteiger partial charge in [0.15, 0.2) is 35.6 Å². The van der Waals surface area contributed by atoms with Crippen LogP contribution in [0.2, 0.25) is 0 Å². The Morgan fingerprint density at radius 1 is 1.04 bits per heavy atom. The molecule has 6 N–H and O–H groups in total. The van der Waals surface area contributed by atoms with E-state index < -0.39 is 52.5 Å². The zero-order valence-electron chi connectivity index (χ0n) is 26.9. The number of thioether (sulfide) groups is 1. The topological polar surface area (TPSA) is 251 Å². The first-order valence-electron chi connectivity index (χ1n) is 15.0. The number of carboxylic acids is 4. The molecule has 264 valence electrons. The summed E-state index contributed by atoms with van der Waals surface area (Å²) < 4.78 is 1.54. The maximum atomic E-state index is 13.4. The van der Waals surface area contributed by atoms with Gasteiger partial charge >= 0.3 is 23.9 Å². The lowest BCUT2D eigenvalue weighted by Gasteiger charge is -2.49. The number of aliphatic carboxylic acids is 2. The van der Waals surface area contributed by atoms with Crippen molar-refractivity contribution in [3.8, 4) is 0 Å². The standard InChI is InChI=1S/C33H29N5O11S2/c1-33(2,31(47)48)49-36-24(22-15-51-32(34)35-22)23(39)11-20-26(40)38-25(30(45)46)18(14-50-27(20)38)8-7-16-3-5-17(6-4-16)12-37-10-9-19(28(41)42)21(13-37)29(43)44/h3-10,13,15,20,27H,11-12,14H2,1-2H3,(H5-,34,35,41,42,43,44,45,46,47,48)/p+1/b8-7?,36-24-/t20-,27-/m1/s1. The largest absolute Gasteiger partial charge is 0.478 e. The van der Waals surface area contributed by atoms with Gasteiger partial charge in [0.05, 0.1) is 16.9 Å². The minimum Gasteiger partial charge on any atom is -0.478 e. The lowest BCUT2D eigenvalue weighted by molar-refractivity contribution is -0.688. The summed E-state index contributed by atoms with van der Waals surface area (Å²) in [6, 6.07) is 8.31. The summed E-state index contributed by atoms with van der Waals surface area (Å²) in [6.07, 6.45) is 5.64. The van der Waals surface area contributed by atoms with Crippen LogP contribution in [0.25, 0.3) is 6.08 Å². The molecule has 18 heteroatoms. The number of nitrogens with zero attached hydrogens (tertiary/aromatic N) is 4. The molecule has 1 amide bonds. The number of carboxylic acid groups (broad SMARTS) is 4. The van der Waals surface area contributed by atoms with E-state index in [9.17, 15) is 49.2 Å². The van der Waals surface area contributed by atoms with Crippen molar-refractivity contribution in [2.24, 2.45) is 11.1 Å². The summed E-state index contributed by atoms with van der Waals surface area (Å²) in [5.41, 5.74) is 4.69. The summed E-state index contributed by atoms with van der Waals surface area (Å²) >= 11 is 2.32. The molecule has 0 spiro atoms. The number of anilines is 1. The van der Waals surface area contributed by atoms with Crippen molar-refractivity contribution in [2.45, 2.75) is 37.8 Å². The molecule has 0 bridgehead atoms. The smallest absolute Gasteiger partial charge is 0.352 e. The summed E-state index contributed by atoms with van der Waals surface area (Å²) in [4.78, 5) is 83.8. The van der Waals surface area contributed by atoms with E-state index in [1.165, 1.54) is 49.4 Å². The van der Waals surface area contributed by atoms with E-state index in [1.54, 1.807) is 41.0 Å². The monoisotopic (exact) mass is 736 g/mol. The van der Waals surface area contributed by atoms with E-state index in [0.29, 0.717) is 11.1 Å². The number of hydrogen-bond acceptors (Lipinski definition) is 12. The van der Waals surface area contributed by atoms with E-state index in [-0.39, 0.29) is 52.1 Å². The molecule has 1 aromatic carbocycles. The number of hydrogen-bond donors (Lipinski definition) is 5. The number of benzene rings is 1. The van der Waals surface area contributed by atoms with Crippen LogP contribution in [-0.2, 0) is 30.6 Å². The number of Topliss-reactive ketones (excluding diaryl/α,β-unsaturated/α-hetero) is 1. The Morgan fingerprint density at radius 2 is 1.73 bits per heavy atom. The van der Waals surface area contributed by atoms with Gasteiger partial charge in [0.1, 0.15) is 17.0 Å². The van der Waals surface area contributed by atoms with Gasteiger partial charge in [-0.1, -0.05) is 41.6 Å². The van der Waals surface area contributed by atoms with Crippen LogP contribution in [-0.4, -0.2) is 88.3 Å². The van der Waals surface area contributed by atoms with Crippen molar-refractivity contribution in [2.75, 3.05) is 11.5 Å². The SMILES string of the molecule is CC(C)(O/N=C(\C(=O)C[C@@H]1C(=O)N2C(C(=O)O)=C(C=Cc3ccc(C[n+]4ccc(C(=O)O)c(C(=O)O)c4)cc3)CS[C@H]12)c1csc(N)n1)C(=O)O. The first kappa shape index (κ1) is 36.4. The molecule has 5 rings (SSSR count). The first-order valence-corrected chi connectivity index (χ1v) is 16.9. The number of carbonyl (C=O) groups is 6. The second-order valence-corrected chi connectivity index (χ2v) is 13.9. The minimum absolute atomic E-state index is 0.0515. The molecule has 4 heterocycles. The fourth-order valence-electron chi connectivity index (χ4n) is 5.17. The van der Waals surface area contributed by atoms with Crippen molar-refractivity contribution in [1.29, 1.82) is 0 Å². The van der Waals surface area contributed by atoms with Crippen LogP contribution < -0.4 is 10.3 Å². The Labute approximate surface area is 297 Å². The van der Waals surface area contributed by atoms with Gasteiger partial charge in [-0.15, -0.1) is 23.1 Å². The zero-order chi connectivity index (χ0) is 37.2. The number of β-lactam (4-membered cyclic amide) rings is 1. The molecule has 2 aliphatic heterocycles. The summed E-state index contributed by atoms with van der Waals surface area (Å²) in [7, 11) is 0. The second-order valence-electron chi connectivity index (χ2n) is 11.9. The Morgan fingerprint density at radius 3 is 2.31 bits per heavy atom. The van der Waals surface area contributed by atoms with Crippen LogP contribution >= 0.6 is 23.1 Å². The maximum Gasteiger partial charge on any atom is 0.352 e. The van der Waals surface area contributed by atoms with Gasteiger partial charge in [-0.3, -0.25) is 14.5 Å². The van der Waals surface area contributed by atoms with Crippen molar-refractivity contribution in [1.82, 2.24) is 9.88 Å². The van der Waals surface area contributed by atoms with Crippen LogP contribution in [0.5, 0.6) is 0 Å². The van der Waals surface area contributed by atoms with Crippen LogP contribution in [0.1, 0.15) is 57.8 Å². The van der Waals surface area contributed by atoms with Gasteiger partial charge in [0.25, 0.3) is 0 Å². The molecule has 16 nitrogen and oxygen atoms in total.